The van der Waals surface area contributed by atoms with Gasteiger partial charge in [0.15, 0.2) is 0 Å². The normalized spacial score (nSPS) is 23.5. The first-order chi connectivity index (χ1) is 9.01. The number of aromatic nitrogens is 3. The van der Waals surface area contributed by atoms with Crippen molar-refractivity contribution >= 4 is 17.8 Å². The number of anilines is 3. The van der Waals surface area contributed by atoms with Crippen molar-refractivity contribution in [3.05, 3.63) is 0 Å². The minimum absolute atomic E-state index is 0.203. The molecule has 0 aromatic carbocycles. The second kappa shape index (κ2) is 5.56. The summed E-state index contributed by atoms with van der Waals surface area (Å²) >= 11 is 0. The van der Waals surface area contributed by atoms with E-state index >= 15 is 0 Å². The summed E-state index contributed by atoms with van der Waals surface area (Å²) in [4.78, 5) is 16.7. The lowest BCUT2D eigenvalue weighted by molar-refractivity contribution is 0.0494. The number of hydrogen-bond acceptors (Lipinski definition) is 7. The van der Waals surface area contributed by atoms with E-state index in [-0.39, 0.29) is 12.1 Å². The van der Waals surface area contributed by atoms with Gasteiger partial charge < -0.3 is 20.3 Å². The van der Waals surface area contributed by atoms with Crippen molar-refractivity contribution in [2.75, 3.05) is 49.8 Å². The summed E-state index contributed by atoms with van der Waals surface area (Å²) in [6, 6.07) is 0. The van der Waals surface area contributed by atoms with Crippen LogP contribution in [0.15, 0.2) is 0 Å². The third-order valence-electron chi connectivity index (χ3n) is 3.50. The predicted octanol–water partition coefficient (Wildman–Crippen LogP) is 0.381. The molecule has 106 valence electrons. The Morgan fingerprint density at radius 2 is 2.05 bits per heavy atom. The number of methoxy groups -OCH3 is 1. The molecule has 1 fully saturated rings. The smallest absolute Gasteiger partial charge is 0.232 e. The van der Waals surface area contributed by atoms with Crippen molar-refractivity contribution in [2.24, 2.45) is 5.92 Å². The fraction of sp³-hybridized carbons (Fsp3) is 0.750. The molecule has 2 rings (SSSR count). The SMILES string of the molecule is COC1CN(c2nc(N)nc(N(C)C)n2)CCC1C. The molecule has 1 aromatic rings. The van der Waals surface area contributed by atoms with Crippen molar-refractivity contribution in [3.63, 3.8) is 0 Å². The Morgan fingerprint density at radius 1 is 1.32 bits per heavy atom. The molecule has 19 heavy (non-hydrogen) atoms. The van der Waals surface area contributed by atoms with E-state index in [2.05, 4.69) is 26.8 Å². The fourth-order valence-electron chi connectivity index (χ4n) is 2.23. The molecule has 0 radical (unpaired) electrons. The van der Waals surface area contributed by atoms with Gasteiger partial charge in [0.25, 0.3) is 0 Å². The highest BCUT2D eigenvalue weighted by Crippen LogP contribution is 2.23. The molecule has 1 aromatic heterocycles. The molecule has 2 atom stereocenters. The van der Waals surface area contributed by atoms with E-state index in [1.165, 1.54) is 0 Å². The van der Waals surface area contributed by atoms with Crippen molar-refractivity contribution in [3.8, 4) is 0 Å². The Morgan fingerprint density at radius 3 is 2.68 bits per heavy atom. The molecular weight excluding hydrogens is 244 g/mol. The summed E-state index contributed by atoms with van der Waals surface area (Å²) in [5, 5.41) is 0. The maximum Gasteiger partial charge on any atom is 0.232 e. The number of piperidine rings is 1. The number of nitrogens with two attached hydrogens (primary N) is 1. The highest BCUT2D eigenvalue weighted by molar-refractivity contribution is 5.43. The van der Waals surface area contributed by atoms with Crippen molar-refractivity contribution in [1.82, 2.24) is 15.0 Å². The lowest BCUT2D eigenvalue weighted by atomic mass is 9.96. The quantitative estimate of drug-likeness (QED) is 0.847. The molecule has 0 spiro atoms. The maximum atomic E-state index is 5.75. The fourth-order valence-corrected chi connectivity index (χ4v) is 2.23. The summed E-state index contributed by atoms with van der Waals surface area (Å²) in [5.74, 6) is 2.01. The van der Waals surface area contributed by atoms with Crippen LogP contribution in [0.5, 0.6) is 0 Å². The highest BCUT2D eigenvalue weighted by atomic mass is 16.5. The highest BCUT2D eigenvalue weighted by Gasteiger charge is 2.28. The van der Waals surface area contributed by atoms with Gasteiger partial charge in [-0.1, -0.05) is 6.92 Å². The van der Waals surface area contributed by atoms with Gasteiger partial charge in [0.05, 0.1) is 6.10 Å². The van der Waals surface area contributed by atoms with E-state index in [0.717, 1.165) is 19.5 Å². The molecule has 0 bridgehead atoms. The molecule has 0 saturated carbocycles. The van der Waals surface area contributed by atoms with E-state index < -0.39 is 0 Å². The Hall–Kier alpha value is -1.63. The lowest BCUT2D eigenvalue weighted by Gasteiger charge is -2.36. The summed E-state index contributed by atoms with van der Waals surface area (Å²) < 4.78 is 5.51. The van der Waals surface area contributed by atoms with Gasteiger partial charge in [-0.2, -0.15) is 15.0 Å². The van der Waals surface area contributed by atoms with Crippen LogP contribution in [0, 0.1) is 5.92 Å². The molecule has 2 N–H and O–H groups in total. The Labute approximate surface area is 113 Å². The number of hydrogen-bond donors (Lipinski definition) is 1. The van der Waals surface area contributed by atoms with E-state index in [1.54, 1.807) is 7.11 Å². The van der Waals surface area contributed by atoms with Gasteiger partial charge in [-0.25, -0.2) is 0 Å². The van der Waals surface area contributed by atoms with E-state index in [1.807, 2.05) is 19.0 Å². The Bertz CT molecular complexity index is 438. The van der Waals surface area contributed by atoms with Crippen LogP contribution in [0.25, 0.3) is 0 Å². The number of nitrogens with zero attached hydrogens (tertiary/aromatic N) is 5. The molecule has 1 saturated heterocycles. The van der Waals surface area contributed by atoms with Crippen LogP contribution < -0.4 is 15.5 Å². The van der Waals surface area contributed by atoms with Crippen LogP contribution >= 0.6 is 0 Å². The topological polar surface area (TPSA) is 80.4 Å². The number of nitrogen functional groups attached to an aromatic ring is 1. The van der Waals surface area contributed by atoms with Gasteiger partial charge in [-0.3, -0.25) is 0 Å². The first kappa shape index (κ1) is 13.8. The average Bonchev–Trinajstić information content (AvgIpc) is 2.38. The zero-order chi connectivity index (χ0) is 14.0. The monoisotopic (exact) mass is 266 g/mol. The first-order valence-electron chi connectivity index (χ1n) is 6.48. The van der Waals surface area contributed by atoms with Gasteiger partial charge >= 0.3 is 0 Å². The van der Waals surface area contributed by atoms with Gasteiger partial charge in [-0.05, 0) is 12.3 Å². The third kappa shape index (κ3) is 3.04. The second-order valence-electron chi connectivity index (χ2n) is 5.17. The van der Waals surface area contributed by atoms with Gasteiger partial charge in [0.1, 0.15) is 0 Å². The van der Waals surface area contributed by atoms with Crippen molar-refractivity contribution in [1.29, 1.82) is 0 Å². The summed E-state index contributed by atoms with van der Waals surface area (Å²) in [7, 11) is 5.52. The average molecular weight is 266 g/mol. The lowest BCUT2D eigenvalue weighted by Crippen LogP contribution is -2.44. The summed E-state index contributed by atoms with van der Waals surface area (Å²) in [6.07, 6.45) is 1.26. The zero-order valence-electron chi connectivity index (χ0n) is 12.0. The van der Waals surface area contributed by atoms with Crippen LogP contribution in [0.2, 0.25) is 0 Å². The maximum absolute atomic E-state index is 5.75. The van der Waals surface area contributed by atoms with E-state index in [0.29, 0.717) is 17.8 Å². The van der Waals surface area contributed by atoms with E-state index in [4.69, 9.17) is 10.5 Å². The molecular formula is C12H22N6O. The van der Waals surface area contributed by atoms with Gasteiger partial charge in [-0.15, -0.1) is 0 Å². The summed E-state index contributed by atoms with van der Waals surface area (Å²) in [6.45, 7) is 3.91. The molecule has 0 amide bonds. The predicted molar refractivity (Wildman–Crippen MR) is 75.4 cm³/mol. The Balaban J connectivity index is 2.22. The van der Waals surface area contributed by atoms with Crippen molar-refractivity contribution in [2.45, 2.75) is 19.4 Å². The second-order valence-corrected chi connectivity index (χ2v) is 5.17. The first-order valence-corrected chi connectivity index (χ1v) is 6.48. The standard InChI is InChI=1S/C12H22N6O/c1-8-5-6-18(7-9(8)19-4)12-15-10(13)14-11(16-12)17(2)3/h8-9H,5-7H2,1-4H3,(H2,13,14,15,16). The van der Waals surface area contributed by atoms with Crippen LogP contribution in [-0.2, 0) is 4.74 Å². The molecule has 7 heteroatoms. The number of rotatable bonds is 3. The van der Waals surface area contributed by atoms with Gasteiger partial charge in [0, 0.05) is 34.3 Å². The molecule has 2 heterocycles. The van der Waals surface area contributed by atoms with E-state index in [9.17, 15) is 0 Å². The molecule has 0 aliphatic carbocycles. The minimum Gasteiger partial charge on any atom is -0.379 e. The molecule has 1 aliphatic rings. The van der Waals surface area contributed by atoms with Crippen LogP contribution in [-0.4, -0.2) is 55.4 Å². The summed E-state index contributed by atoms with van der Waals surface area (Å²) in [5.41, 5.74) is 5.75. The van der Waals surface area contributed by atoms with Crippen LogP contribution in [0.1, 0.15) is 13.3 Å². The number of ether oxygens (including phenoxy) is 1. The zero-order valence-corrected chi connectivity index (χ0v) is 12.0. The third-order valence-corrected chi connectivity index (χ3v) is 3.50. The van der Waals surface area contributed by atoms with Crippen molar-refractivity contribution < 1.29 is 4.74 Å². The minimum atomic E-state index is 0.203. The van der Waals surface area contributed by atoms with Gasteiger partial charge in [0.2, 0.25) is 17.8 Å². The molecule has 2 unspecified atom stereocenters. The van der Waals surface area contributed by atoms with Crippen LogP contribution in [0.3, 0.4) is 0 Å². The van der Waals surface area contributed by atoms with Crippen LogP contribution in [0.4, 0.5) is 17.8 Å². The largest absolute Gasteiger partial charge is 0.379 e. The molecule has 1 aliphatic heterocycles. The Kier molecular flexibility index (Phi) is 4.04. The molecule has 7 nitrogen and oxygen atoms in total.